The largest absolute Gasteiger partial charge is 0.504 e. The summed E-state index contributed by atoms with van der Waals surface area (Å²) in [6, 6.07) is 45.1. The summed E-state index contributed by atoms with van der Waals surface area (Å²) in [5.41, 5.74) is 10.2. The summed E-state index contributed by atoms with van der Waals surface area (Å²) in [6.07, 6.45) is 3.70. The van der Waals surface area contributed by atoms with Crippen LogP contribution in [0.15, 0.2) is 122 Å². The molecule has 47 heavy (non-hydrogen) atoms. The summed E-state index contributed by atoms with van der Waals surface area (Å²) in [7, 11) is 2.04. The predicted octanol–water partition coefficient (Wildman–Crippen LogP) is 9.23. The Bertz CT molecular complexity index is 2060. The molecule has 8 rings (SSSR count). The van der Waals surface area contributed by atoms with E-state index in [1.165, 1.54) is 27.8 Å². The van der Waals surface area contributed by atoms with Crippen molar-refractivity contribution < 1.29 is 25.8 Å². The second-order valence-corrected chi connectivity index (χ2v) is 12.9. The Morgan fingerprint density at radius 1 is 0.723 bits per heavy atom. The molecule has 2 aliphatic rings. The third kappa shape index (κ3) is 5.05. The van der Waals surface area contributed by atoms with E-state index in [2.05, 4.69) is 127 Å². The summed E-state index contributed by atoms with van der Waals surface area (Å²) in [4.78, 5) is 13.8. The summed E-state index contributed by atoms with van der Waals surface area (Å²) < 4.78 is 6.43. The molecule has 236 valence electrons. The van der Waals surface area contributed by atoms with Gasteiger partial charge in [-0.3, -0.25) is 9.97 Å². The first-order valence-corrected chi connectivity index (χ1v) is 15.6. The fourth-order valence-corrected chi connectivity index (χ4v) is 6.88. The van der Waals surface area contributed by atoms with Crippen LogP contribution in [0.25, 0.3) is 11.1 Å². The molecule has 0 amide bonds. The van der Waals surface area contributed by atoms with Crippen LogP contribution in [0.2, 0.25) is 0 Å². The summed E-state index contributed by atoms with van der Waals surface area (Å²) in [5, 5.41) is 0. The molecule has 0 radical (unpaired) electrons. The van der Waals surface area contributed by atoms with Gasteiger partial charge in [-0.15, -0.1) is 17.7 Å². The molecule has 0 spiro atoms. The quantitative estimate of drug-likeness (QED) is 0.163. The van der Waals surface area contributed by atoms with Gasteiger partial charge in [-0.1, -0.05) is 81.4 Å². The third-order valence-electron chi connectivity index (χ3n) is 9.07. The van der Waals surface area contributed by atoms with Crippen LogP contribution in [0.3, 0.4) is 0 Å². The SMILES string of the molecule is CN1[CH-]N(c2[c-]c(Oc3[c-]c(C4(c5cc(C(C)(C)C)ccn5)c5ccccc5-c5ccccc54)ccc3)ncc2)c2ccccc21.[Pt]. The molecule has 0 unspecified atom stereocenters. The standard InChI is InChI=1S/C41H33N4O.Pt/c1-40(2,3)28-20-22-42-38(25-28)41(34-16-7-5-14-32(34)33-15-6-8-17-35(33)41)29-12-11-13-31(24-29)46-39-26-30(21-23-43-39)45-27-44(4)36-18-9-10-19-37(36)45;/h5-23,25,27H,1-4H3;/q-3;. The molecular weight excluding hydrogens is 760 g/mol. The second-order valence-electron chi connectivity index (χ2n) is 12.9. The Balaban J connectivity index is 0.00000351. The van der Waals surface area contributed by atoms with E-state index in [0.29, 0.717) is 11.6 Å². The molecule has 0 saturated carbocycles. The van der Waals surface area contributed by atoms with Gasteiger partial charge in [-0.2, -0.15) is 36.6 Å². The van der Waals surface area contributed by atoms with Crippen molar-refractivity contribution in [3.8, 4) is 22.8 Å². The van der Waals surface area contributed by atoms with Gasteiger partial charge >= 0.3 is 0 Å². The molecule has 6 heteroatoms. The van der Waals surface area contributed by atoms with Crippen LogP contribution in [0.5, 0.6) is 11.6 Å². The summed E-state index contributed by atoms with van der Waals surface area (Å²) >= 11 is 0. The van der Waals surface area contributed by atoms with Crippen molar-refractivity contribution in [3.63, 3.8) is 0 Å². The van der Waals surface area contributed by atoms with E-state index in [1.54, 1.807) is 6.20 Å². The number of rotatable bonds is 5. The minimum absolute atomic E-state index is 0. The maximum atomic E-state index is 6.43. The minimum atomic E-state index is -0.689. The number of nitrogens with zero attached hydrogens (tertiary/aromatic N) is 4. The molecule has 2 aromatic heterocycles. The Labute approximate surface area is 291 Å². The van der Waals surface area contributed by atoms with Gasteiger partial charge < -0.3 is 14.5 Å². The molecule has 0 saturated heterocycles. The Morgan fingerprint density at radius 3 is 2.11 bits per heavy atom. The average Bonchev–Trinajstić information content (AvgIpc) is 3.58. The monoisotopic (exact) mass is 792 g/mol. The number of benzene rings is 4. The minimum Gasteiger partial charge on any atom is -0.504 e. The average molecular weight is 793 g/mol. The maximum Gasteiger partial charge on any atom is 0.123 e. The molecule has 0 atom stereocenters. The first kappa shape index (κ1) is 30.9. The number of hydrogen-bond donors (Lipinski definition) is 0. The van der Waals surface area contributed by atoms with Crippen molar-refractivity contribution in [3.05, 3.63) is 168 Å². The van der Waals surface area contributed by atoms with Crippen LogP contribution in [0.4, 0.5) is 17.1 Å². The van der Waals surface area contributed by atoms with E-state index >= 15 is 0 Å². The molecule has 0 fully saturated rings. The van der Waals surface area contributed by atoms with Gasteiger partial charge in [0.05, 0.1) is 11.1 Å². The van der Waals surface area contributed by atoms with E-state index in [1.807, 2.05) is 50.2 Å². The van der Waals surface area contributed by atoms with Crippen LogP contribution >= 0.6 is 0 Å². The number of anilines is 3. The Morgan fingerprint density at radius 2 is 1.38 bits per heavy atom. The molecular formula is C41H33N4OPt-3. The normalized spacial score (nSPS) is 14.2. The smallest absolute Gasteiger partial charge is 0.123 e. The molecule has 3 heterocycles. The molecule has 0 bridgehead atoms. The van der Waals surface area contributed by atoms with E-state index < -0.39 is 5.41 Å². The van der Waals surface area contributed by atoms with Crippen LogP contribution in [-0.2, 0) is 31.9 Å². The number of hydrogen-bond acceptors (Lipinski definition) is 5. The van der Waals surface area contributed by atoms with Crippen molar-refractivity contribution in [2.24, 2.45) is 0 Å². The van der Waals surface area contributed by atoms with Gasteiger partial charge in [0.25, 0.3) is 0 Å². The zero-order valence-corrected chi connectivity index (χ0v) is 28.9. The van der Waals surface area contributed by atoms with Gasteiger partial charge in [0.15, 0.2) is 0 Å². The van der Waals surface area contributed by atoms with Crippen molar-refractivity contribution in [2.75, 3.05) is 16.8 Å². The van der Waals surface area contributed by atoms with Crippen LogP contribution in [0.1, 0.15) is 48.7 Å². The van der Waals surface area contributed by atoms with Crippen LogP contribution < -0.4 is 14.5 Å². The van der Waals surface area contributed by atoms with Gasteiger partial charge in [-0.25, -0.2) is 0 Å². The first-order chi connectivity index (χ1) is 22.3. The fraction of sp³-hybridized carbons (Fsp3) is 0.146. The van der Waals surface area contributed by atoms with E-state index in [4.69, 9.17) is 9.72 Å². The van der Waals surface area contributed by atoms with E-state index in [-0.39, 0.29) is 26.5 Å². The number of para-hydroxylation sites is 2. The fourth-order valence-electron chi connectivity index (χ4n) is 6.88. The summed E-state index contributed by atoms with van der Waals surface area (Å²) in [5.74, 6) is 0.940. The van der Waals surface area contributed by atoms with Crippen LogP contribution in [0, 0.1) is 18.8 Å². The second kappa shape index (κ2) is 11.8. The van der Waals surface area contributed by atoms with Crippen molar-refractivity contribution in [1.82, 2.24) is 9.97 Å². The number of aromatic nitrogens is 2. The Kier molecular flexibility index (Phi) is 7.77. The predicted molar refractivity (Wildman–Crippen MR) is 184 cm³/mol. The number of pyridine rings is 2. The maximum absolute atomic E-state index is 6.43. The third-order valence-corrected chi connectivity index (χ3v) is 9.07. The van der Waals surface area contributed by atoms with Crippen LogP contribution in [-0.4, -0.2) is 17.0 Å². The number of fused-ring (bicyclic) bond motifs is 4. The molecule has 1 aliphatic heterocycles. The zero-order chi connectivity index (χ0) is 31.5. The first-order valence-electron chi connectivity index (χ1n) is 15.6. The number of ether oxygens (including phenoxy) is 1. The molecule has 4 aromatic carbocycles. The van der Waals surface area contributed by atoms with Gasteiger partial charge in [0, 0.05) is 44.4 Å². The van der Waals surface area contributed by atoms with Crippen molar-refractivity contribution in [2.45, 2.75) is 31.6 Å². The zero-order valence-electron chi connectivity index (χ0n) is 26.6. The van der Waals surface area contributed by atoms with Crippen molar-refractivity contribution in [1.29, 1.82) is 0 Å². The van der Waals surface area contributed by atoms with Gasteiger partial charge in [0.1, 0.15) is 5.88 Å². The van der Waals surface area contributed by atoms with E-state index in [0.717, 1.165) is 28.3 Å². The summed E-state index contributed by atoms with van der Waals surface area (Å²) in [6.45, 7) is 8.77. The van der Waals surface area contributed by atoms with E-state index in [9.17, 15) is 0 Å². The molecule has 5 nitrogen and oxygen atoms in total. The Hall–Kier alpha value is -4.73. The molecule has 1 aliphatic carbocycles. The molecule has 6 aromatic rings. The molecule has 0 N–H and O–H groups in total. The van der Waals surface area contributed by atoms with Gasteiger partial charge in [-0.05, 0) is 70.7 Å². The van der Waals surface area contributed by atoms with Crippen molar-refractivity contribution >= 4 is 17.1 Å². The topological polar surface area (TPSA) is 41.5 Å². The van der Waals surface area contributed by atoms with Gasteiger partial charge in [0.2, 0.25) is 0 Å².